The summed E-state index contributed by atoms with van der Waals surface area (Å²) in [5, 5.41) is 17.1. The van der Waals surface area contributed by atoms with Crippen LogP contribution in [0.1, 0.15) is 15.9 Å². The van der Waals surface area contributed by atoms with Crippen molar-refractivity contribution in [3.63, 3.8) is 0 Å². The first-order chi connectivity index (χ1) is 15.1. The highest BCUT2D eigenvalue weighted by Crippen LogP contribution is 2.22. The molecule has 31 heavy (non-hydrogen) atoms. The van der Waals surface area contributed by atoms with E-state index in [4.69, 9.17) is 0 Å². The number of phenols is 1. The maximum absolute atomic E-state index is 13.1. The van der Waals surface area contributed by atoms with E-state index in [9.17, 15) is 14.7 Å². The van der Waals surface area contributed by atoms with E-state index in [1.165, 1.54) is 12.1 Å². The number of carbonyl (C=O) groups excluding carboxylic acids is 2. The van der Waals surface area contributed by atoms with E-state index in [1.54, 1.807) is 42.5 Å². The van der Waals surface area contributed by atoms with Crippen LogP contribution >= 0.6 is 0 Å². The average Bonchev–Trinajstić information content (AvgIpc) is 2.79. The van der Waals surface area contributed by atoms with Crippen molar-refractivity contribution in [1.82, 2.24) is 5.32 Å². The number of hydrogen-bond acceptors (Lipinski definition) is 3. The summed E-state index contributed by atoms with van der Waals surface area (Å²) in [4.78, 5) is 25.8. The first-order valence-corrected chi connectivity index (χ1v) is 9.76. The monoisotopic (exact) mass is 408 g/mol. The molecule has 2 amide bonds. The van der Waals surface area contributed by atoms with Gasteiger partial charge in [0.1, 0.15) is 11.4 Å². The molecule has 0 atom stereocenters. The molecule has 0 heterocycles. The molecule has 0 unspecified atom stereocenters. The number of fused-ring (bicyclic) bond motifs is 1. The van der Waals surface area contributed by atoms with Crippen molar-refractivity contribution < 1.29 is 14.7 Å². The summed E-state index contributed by atoms with van der Waals surface area (Å²) in [5.74, 6) is -0.855. The molecule has 0 aliphatic rings. The van der Waals surface area contributed by atoms with Gasteiger partial charge in [0.05, 0.1) is 0 Å². The number of rotatable bonds is 5. The number of amides is 2. The van der Waals surface area contributed by atoms with Gasteiger partial charge in [-0.05, 0) is 46.7 Å². The first-order valence-electron chi connectivity index (χ1n) is 9.76. The van der Waals surface area contributed by atoms with E-state index in [2.05, 4.69) is 10.6 Å². The third kappa shape index (κ3) is 4.79. The van der Waals surface area contributed by atoms with Crippen molar-refractivity contribution in [3.05, 3.63) is 114 Å². The molecule has 152 valence electrons. The topological polar surface area (TPSA) is 78.4 Å². The number of aromatic hydroxyl groups is 1. The average molecular weight is 408 g/mol. The Labute approximate surface area is 179 Å². The molecule has 0 radical (unpaired) electrons. The van der Waals surface area contributed by atoms with Gasteiger partial charge in [0, 0.05) is 17.3 Å². The lowest BCUT2D eigenvalue weighted by Gasteiger charge is -2.12. The maximum atomic E-state index is 13.1. The predicted octanol–water partition coefficient (Wildman–Crippen LogP) is 4.96. The SMILES string of the molecule is O=C(Nc1cccc(O)c1)/C(=C\c1cccc2ccccc12)NC(=O)c1ccccc1. The highest BCUT2D eigenvalue weighted by atomic mass is 16.3. The molecule has 0 fully saturated rings. The van der Waals surface area contributed by atoms with E-state index in [-0.39, 0.29) is 11.4 Å². The predicted molar refractivity (Wildman–Crippen MR) is 123 cm³/mol. The lowest BCUT2D eigenvalue weighted by Crippen LogP contribution is -2.30. The summed E-state index contributed by atoms with van der Waals surface area (Å²) < 4.78 is 0. The van der Waals surface area contributed by atoms with Gasteiger partial charge in [-0.15, -0.1) is 0 Å². The molecule has 0 bridgehead atoms. The molecular weight excluding hydrogens is 388 g/mol. The smallest absolute Gasteiger partial charge is 0.272 e. The van der Waals surface area contributed by atoms with Crippen LogP contribution in [-0.2, 0) is 4.79 Å². The fraction of sp³-hybridized carbons (Fsp3) is 0. The Morgan fingerprint density at radius 1 is 0.774 bits per heavy atom. The Hall–Kier alpha value is -4.38. The minimum absolute atomic E-state index is 0.0331. The number of anilines is 1. The third-order valence-electron chi connectivity index (χ3n) is 4.76. The number of nitrogens with one attached hydrogen (secondary N) is 2. The van der Waals surface area contributed by atoms with Gasteiger partial charge < -0.3 is 15.7 Å². The quantitative estimate of drug-likeness (QED) is 0.409. The van der Waals surface area contributed by atoms with Crippen molar-refractivity contribution in [2.24, 2.45) is 0 Å². The summed E-state index contributed by atoms with van der Waals surface area (Å²) in [6.07, 6.45) is 1.65. The van der Waals surface area contributed by atoms with Crippen molar-refractivity contribution in [2.45, 2.75) is 0 Å². The van der Waals surface area contributed by atoms with Crippen molar-refractivity contribution in [3.8, 4) is 5.75 Å². The molecule has 3 N–H and O–H groups in total. The third-order valence-corrected chi connectivity index (χ3v) is 4.76. The molecule has 0 saturated carbocycles. The van der Waals surface area contributed by atoms with Crippen molar-refractivity contribution in [1.29, 1.82) is 0 Å². The zero-order valence-corrected chi connectivity index (χ0v) is 16.6. The Kier molecular flexibility index (Phi) is 5.76. The van der Waals surface area contributed by atoms with Gasteiger partial charge in [0.2, 0.25) is 0 Å². The maximum Gasteiger partial charge on any atom is 0.272 e. The normalized spacial score (nSPS) is 11.2. The second-order valence-electron chi connectivity index (χ2n) is 6.95. The molecule has 4 aromatic rings. The van der Waals surface area contributed by atoms with E-state index in [0.29, 0.717) is 11.3 Å². The van der Waals surface area contributed by atoms with Gasteiger partial charge in [-0.25, -0.2) is 0 Å². The lowest BCUT2D eigenvalue weighted by molar-refractivity contribution is -0.113. The van der Waals surface area contributed by atoms with Crippen LogP contribution in [0.3, 0.4) is 0 Å². The van der Waals surface area contributed by atoms with E-state index >= 15 is 0 Å². The second-order valence-corrected chi connectivity index (χ2v) is 6.95. The van der Waals surface area contributed by atoms with Gasteiger partial charge in [-0.2, -0.15) is 0 Å². The summed E-state index contributed by atoms with van der Waals surface area (Å²) in [5.41, 5.74) is 1.75. The number of hydrogen-bond donors (Lipinski definition) is 3. The minimum atomic E-state index is -0.497. The second kappa shape index (κ2) is 8.97. The fourth-order valence-electron chi connectivity index (χ4n) is 3.26. The zero-order valence-electron chi connectivity index (χ0n) is 16.6. The van der Waals surface area contributed by atoms with Gasteiger partial charge >= 0.3 is 0 Å². The molecular formula is C26H20N2O3. The standard InChI is InChI=1S/C26H20N2O3/c29-22-14-7-13-21(17-22)27-26(31)24(28-25(30)19-9-2-1-3-10-19)16-20-12-6-11-18-8-4-5-15-23(18)20/h1-17,29H,(H,27,31)(H,28,30)/b24-16+. The van der Waals surface area contributed by atoms with Gasteiger partial charge in [-0.3, -0.25) is 9.59 Å². The molecule has 0 aliphatic carbocycles. The van der Waals surface area contributed by atoms with Gasteiger partial charge in [0.25, 0.3) is 11.8 Å². The molecule has 0 aliphatic heterocycles. The van der Waals surface area contributed by atoms with Crippen molar-refractivity contribution >= 4 is 34.4 Å². The lowest BCUT2D eigenvalue weighted by atomic mass is 10.0. The molecule has 0 saturated heterocycles. The number of carbonyl (C=O) groups is 2. The van der Waals surface area contributed by atoms with Crippen LogP contribution < -0.4 is 10.6 Å². The van der Waals surface area contributed by atoms with Gasteiger partial charge in [0.15, 0.2) is 0 Å². The van der Waals surface area contributed by atoms with Crippen LogP contribution in [0.4, 0.5) is 5.69 Å². The first kappa shape index (κ1) is 19.9. The summed E-state index contributed by atoms with van der Waals surface area (Å²) >= 11 is 0. The highest BCUT2D eigenvalue weighted by molar-refractivity contribution is 6.11. The minimum Gasteiger partial charge on any atom is -0.508 e. The Morgan fingerprint density at radius 3 is 2.29 bits per heavy atom. The van der Waals surface area contributed by atoms with E-state index < -0.39 is 11.8 Å². The molecule has 0 aromatic heterocycles. The van der Waals surface area contributed by atoms with Crippen LogP contribution in [0, 0.1) is 0 Å². The number of phenolic OH excluding ortho intramolecular Hbond substituents is 1. The van der Waals surface area contributed by atoms with Crippen LogP contribution in [0.2, 0.25) is 0 Å². The van der Waals surface area contributed by atoms with Crippen LogP contribution in [-0.4, -0.2) is 16.9 Å². The number of benzene rings is 4. The highest BCUT2D eigenvalue weighted by Gasteiger charge is 2.15. The molecule has 5 nitrogen and oxygen atoms in total. The zero-order chi connectivity index (χ0) is 21.6. The largest absolute Gasteiger partial charge is 0.508 e. The fourth-order valence-corrected chi connectivity index (χ4v) is 3.26. The Balaban J connectivity index is 1.71. The van der Waals surface area contributed by atoms with Crippen LogP contribution in [0.5, 0.6) is 5.75 Å². The van der Waals surface area contributed by atoms with Gasteiger partial charge in [-0.1, -0.05) is 66.7 Å². The molecule has 4 rings (SSSR count). The van der Waals surface area contributed by atoms with E-state index in [0.717, 1.165) is 16.3 Å². The summed E-state index contributed by atoms with van der Waals surface area (Å²) in [6, 6.07) is 28.5. The van der Waals surface area contributed by atoms with Crippen molar-refractivity contribution in [2.75, 3.05) is 5.32 Å². The Morgan fingerprint density at radius 2 is 1.48 bits per heavy atom. The Bertz CT molecular complexity index is 1270. The molecule has 0 spiro atoms. The van der Waals surface area contributed by atoms with E-state index in [1.807, 2.05) is 48.5 Å². The summed E-state index contributed by atoms with van der Waals surface area (Å²) in [7, 11) is 0. The molecule has 4 aromatic carbocycles. The van der Waals surface area contributed by atoms with Crippen LogP contribution in [0.25, 0.3) is 16.8 Å². The van der Waals surface area contributed by atoms with Crippen LogP contribution in [0.15, 0.2) is 103 Å². The summed E-state index contributed by atoms with van der Waals surface area (Å²) in [6.45, 7) is 0. The molecule has 5 heteroatoms.